The number of methoxy groups -OCH3 is 1. The smallest absolute Gasteiger partial charge is 0.354 e. The maximum Gasteiger partial charge on any atom is 0.354 e. The molecule has 1 unspecified atom stereocenters. The second-order valence-corrected chi connectivity index (χ2v) is 8.39. The van der Waals surface area contributed by atoms with Gasteiger partial charge in [0, 0.05) is 42.5 Å². The van der Waals surface area contributed by atoms with Crippen molar-refractivity contribution in [2.24, 2.45) is 7.05 Å². The molecule has 1 amide bonds. The fraction of sp³-hybridized carbons (Fsp3) is 0.269. The Labute approximate surface area is 207 Å². The zero-order valence-corrected chi connectivity index (χ0v) is 20.6. The molecule has 1 atom stereocenters. The van der Waals surface area contributed by atoms with Crippen molar-refractivity contribution in [3.63, 3.8) is 0 Å². The molecule has 10 heteroatoms. The number of nitro benzene ring substituents is 1. The summed E-state index contributed by atoms with van der Waals surface area (Å²) >= 11 is 0. The molecule has 0 saturated heterocycles. The Kier molecular flexibility index (Phi) is 7.67. The van der Waals surface area contributed by atoms with Crippen LogP contribution in [0.5, 0.6) is 0 Å². The second-order valence-electron chi connectivity index (χ2n) is 8.39. The number of esters is 1. The van der Waals surface area contributed by atoms with Crippen LogP contribution >= 0.6 is 0 Å². The highest BCUT2D eigenvalue weighted by molar-refractivity contribution is 6.07. The number of ether oxygens (including phenoxy) is 1. The fourth-order valence-electron chi connectivity index (χ4n) is 4.17. The van der Waals surface area contributed by atoms with Crippen LogP contribution in [-0.4, -0.2) is 45.2 Å². The molecule has 9 nitrogen and oxygen atoms in total. The van der Waals surface area contributed by atoms with Gasteiger partial charge >= 0.3 is 5.97 Å². The van der Waals surface area contributed by atoms with Crippen LogP contribution in [0.2, 0.25) is 0 Å². The Balaban J connectivity index is 2.07. The van der Waals surface area contributed by atoms with Crippen LogP contribution in [0.4, 0.5) is 10.1 Å². The second kappa shape index (κ2) is 10.5. The molecular formula is C26H26FN3O6. The highest BCUT2D eigenvalue weighted by atomic mass is 19.1. The van der Waals surface area contributed by atoms with Crippen LogP contribution < -0.4 is 0 Å². The van der Waals surface area contributed by atoms with E-state index in [0.717, 1.165) is 6.07 Å². The molecule has 36 heavy (non-hydrogen) atoms. The number of hydrogen-bond acceptors (Lipinski definition) is 6. The van der Waals surface area contributed by atoms with Gasteiger partial charge in [-0.15, -0.1) is 0 Å². The quantitative estimate of drug-likeness (QED) is 0.198. The first-order chi connectivity index (χ1) is 17.0. The van der Waals surface area contributed by atoms with Crippen molar-refractivity contribution < 1.29 is 28.4 Å². The van der Waals surface area contributed by atoms with E-state index >= 15 is 0 Å². The number of benzene rings is 2. The molecule has 0 bridgehead atoms. The maximum atomic E-state index is 13.7. The van der Waals surface area contributed by atoms with Crippen molar-refractivity contribution in [1.82, 2.24) is 9.47 Å². The van der Waals surface area contributed by atoms with E-state index in [4.69, 9.17) is 4.74 Å². The first kappa shape index (κ1) is 26.3. The molecule has 0 saturated carbocycles. The molecule has 0 N–H and O–H groups in total. The van der Waals surface area contributed by atoms with Gasteiger partial charge in [0.1, 0.15) is 11.5 Å². The van der Waals surface area contributed by atoms with Crippen LogP contribution in [0.3, 0.4) is 0 Å². The Morgan fingerprint density at radius 3 is 2.36 bits per heavy atom. The van der Waals surface area contributed by atoms with E-state index in [1.54, 1.807) is 32.4 Å². The molecule has 3 rings (SSSR count). The van der Waals surface area contributed by atoms with E-state index in [1.165, 1.54) is 54.5 Å². The summed E-state index contributed by atoms with van der Waals surface area (Å²) in [6.45, 7) is 4.81. The van der Waals surface area contributed by atoms with Gasteiger partial charge in [0.05, 0.1) is 18.1 Å². The lowest BCUT2D eigenvalue weighted by atomic mass is 9.98. The number of carbonyl (C=O) groups is 3. The van der Waals surface area contributed by atoms with Crippen molar-refractivity contribution in [2.45, 2.75) is 33.4 Å². The van der Waals surface area contributed by atoms with Crippen molar-refractivity contribution in [3.05, 3.63) is 98.1 Å². The Morgan fingerprint density at radius 1 is 1.14 bits per heavy atom. The molecule has 1 heterocycles. The Hall–Kier alpha value is -4.34. The van der Waals surface area contributed by atoms with E-state index in [-0.39, 0.29) is 29.1 Å². The van der Waals surface area contributed by atoms with E-state index in [1.807, 2.05) is 0 Å². The number of ketones is 1. The number of hydrogen-bond donors (Lipinski definition) is 0. The van der Waals surface area contributed by atoms with Gasteiger partial charge in [-0.2, -0.15) is 0 Å². The molecule has 0 aliphatic rings. The monoisotopic (exact) mass is 495 g/mol. The van der Waals surface area contributed by atoms with Gasteiger partial charge in [-0.05, 0) is 50.1 Å². The van der Waals surface area contributed by atoms with Gasteiger partial charge in [0.25, 0.3) is 11.6 Å². The van der Waals surface area contributed by atoms with Crippen LogP contribution in [0, 0.1) is 29.8 Å². The number of nitro groups is 1. The average Bonchev–Trinajstić information content (AvgIpc) is 3.09. The third-order valence-electron chi connectivity index (χ3n) is 6.23. The molecule has 0 fully saturated rings. The van der Waals surface area contributed by atoms with Crippen LogP contribution in [0.25, 0.3) is 0 Å². The molecular weight excluding hydrogens is 469 g/mol. The lowest BCUT2D eigenvalue weighted by Gasteiger charge is -2.29. The largest absolute Gasteiger partial charge is 0.464 e. The lowest BCUT2D eigenvalue weighted by Crippen LogP contribution is -2.43. The normalized spacial score (nSPS) is 11.6. The molecule has 3 aromatic rings. The highest BCUT2D eigenvalue weighted by Gasteiger charge is 2.33. The number of carbonyl (C=O) groups excluding carboxylic acids is 3. The van der Waals surface area contributed by atoms with E-state index in [2.05, 4.69) is 0 Å². The molecule has 1 aromatic heterocycles. The van der Waals surface area contributed by atoms with Crippen molar-refractivity contribution in [3.8, 4) is 0 Å². The Morgan fingerprint density at radius 2 is 1.78 bits per heavy atom. The minimum atomic E-state index is -1.02. The number of halogens is 1. The van der Waals surface area contributed by atoms with Crippen molar-refractivity contribution >= 4 is 23.3 Å². The summed E-state index contributed by atoms with van der Waals surface area (Å²) in [5.41, 5.74) is 1.77. The molecule has 2 aromatic carbocycles. The van der Waals surface area contributed by atoms with Crippen LogP contribution in [-0.2, 0) is 18.3 Å². The van der Waals surface area contributed by atoms with Gasteiger partial charge in [-0.25, -0.2) is 9.18 Å². The van der Waals surface area contributed by atoms with E-state index in [0.29, 0.717) is 16.8 Å². The van der Waals surface area contributed by atoms with Gasteiger partial charge in [-0.3, -0.25) is 19.7 Å². The number of non-ortho nitro benzene ring substituents is 1. The minimum absolute atomic E-state index is 0.0303. The van der Waals surface area contributed by atoms with Crippen LogP contribution in [0.15, 0.2) is 48.5 Å². The number of aromatic nitrogens is 1. The zero-order chi connectivity index (χ0) is 26.7. The first-order valence-corrected chi connectivity index (χ1v) is 11.1. The molecule has 0 aliphatic carbocycles. The fourth-order valence-corrected chi connectivity index (χ4v) is 4.17. The number of Topliss-reactive ketones (excluding diaryl/α,β-unsaturated/α-hetero) is 1. The molecule has 0 radical (unpaired) electrons. The third kappa shape index (κ3) is 5.02. The summed E-state index contributed by atoms with van der Waals surface area (Å²) in [5.74, 6) is -2.08. The zero-order valence-electron chi connectivity index (χ0n) is 20.6. The predicted molar refractivity (Wildman–Crippen MR) is 129 cm³/mol. The van der Waals surface area contributed by atoms with Gasteiger partial charge in [0.2, 0.25) is 0 Å². The summed E-state index contributed by atoms with van der Waals surface area (Å²) < 4.78 is 19.9. The summed E-state index contributed by atoms with van der Waals surface area (Å²) in [6.07, 6.45) is 0. The van der Waals surface area contributed by atoms with Gasteiger partial charge < -0.3 is 14.2 Å². The van der Waals surface area contributed by atoms with E-state index in [9.17, 15) is 28.9 Å². The molecule has 188 valence electrons. The van der Waals surface area contributed by atoms with Gasteiger partial charge in [0.15, 0.2) is 5.78 Å². The summed E-state index contributed by atoms with van der Waals surface area (Å²) in [4.78, 5) is 51.5. The minimum Gasteiger partial charge on any atom is -0.464 e. The standard InChI is InChI=1S/C26H26FN3O6/c1-15-22(16(2)28(4)23(15)26(33)36-5)24(31)17(3)29(14-18-9-11-20(27)12-10-18)25(32)19-7-6-8-21(13-19)30(34)35/h6-13,17H,14H2,1-5H3. The maximum absolute atomic E-state index is 13.7. The van der Waals surface area contributed by atoms with E-state index < -0.39 is 34.4 Å². The number of nitrogens with zero attached hydrogens (tertiary/aromatic N) is 3. The molecule has 0 aliphatic heterocycles. The lowest BCUT2D eigenvalue weighted by molar-refractivity contribution is -0.384. The predicted octanol–water partition coefficient (Wildman–Crippen LogP) is 4.39. The van der Waals surface area contributed by atoms with Crippen LogP contribution in [0.1, 0.15) is 54.9 Å². The Bertz CT molecular complexity index is 1350. The number of rotatable bonds is 8. The summed E-state index contributed by atoms with van der Waals surface area (Å²) in [6, 6.07) is 9.68. The highest BCUT2D eigenvalue weighted by Crippen LogP contribution is 2.26. The topological polar surface area (TPSA) is 112 Å². The summed E-state index contributed by atoms with van der Waals surface area (Å²) in [5, 5.41) is 11.2. The summed E-state index contributed by atoms with van der Waals surface area (Å²) in [7, 11) is 2.89. The van der Waals surface area contributed by atoms with Crippen molar-refractivity contribution in [2.75, 3.05) is 7.11 Å². The SMILES string of the molecule is COC(=O)c1c(C)c(C(=O)C(C)N(Cc2ccc(F)cc2)C(=O)c2cccc([N+](=O)[O-])c2)c(C)n1C. The van der Waals surface area contributed by atoms with Gasteiger partial charge in [-0.1, -0.05) is 18.2 Å². The van der Waals surface area contributed by atoms with Crippen molar-refractivity contribution in [1.29, 1.82) is 0 Å². The number of amides is 1. The first-order valence-electron chi connectivity index (χ1n) is 11.1. The molecule has 0 spiro atoms. The third-order valence-corrected chi connectivity index (χ3v) is 6.23. The average molecular weight is 496 g/mol.